The normalized spacial score (nSPS) is 16.8. The van der Waals surface area contributed by atoms with Crippen LogP contribution in [0.3, 0.4) is 0 Å². The van der Waals surface area contributed by atoms with E-state index in [0.29, 0.717) is 34.1 Å². The van der Waals surface area contributed by atoms with E-state index in [4.69, 9.17) is 31.5 Å². The summed E-state index contributed by atoms with van der Waals surface area (Å²) in [6, 6.07) is 8.95. The molecule has 1 saturated heterocycles. The van der Waals surface area contributed by atoms with Crippen molar-refractivity contribution < 1.29 is 65.8 Å². The second-order valence-corrected chi connectivity index (χ2v) is 14.4. The van der Waals surface area contributed by atoms with E-state index in [1.54, 1.807) is 47.9 Å². The van der Waals surface area contributed by atoms with E-state index < -0.39 is 58.5 Å². The molecule has 0 spiro atoms. The Kier molecular flexibility index (Phi) is 13.3. The summed E-state index contributed by atoms with van der Waals surface area (Å²) < 4.78 is 12.5. The Hall–Kier alpha value is -6.58. The first kappa shape index (κ1) is 42.6. The monoisotopic (exact) mass is 853 g/mol. The molecule has 3 atom stereocenters. The van der Waals surface area contributed by atoms with Gasteiger partial charge < -0.3 is 64.6 Å². The Labute approximate surface area is 344 Å². The first-order chi connectivity index (χ1) is 27.3. The predicted molar refractivity (Wildman–Crippen MR) is 206 cm³/mol. The van der Waals surface area contributed by atoms with Gasteiger partial charge in [0.25, 0.3) is 11.8 Å². The number of esters is 1. The maximum Gasteiger partial charge on any atom is 0.355 e. The number of carboxylic acid groups (broad SMARTS) is 1. The van der Waals surface area contributed by atoms with Crippen LogP contribution >= 0.6 is 23.1 Å². The molecule has 1 unspecified atom stereocenters. The number of β-lactam (4-membered cyclic amide) rings is 1. The molecule has 22 heteroatoms. The van der Waals surface area contributed by atoms with Crippen molar-refractivity contribution in [1.29, 1.82) is 0 Å². The summed E-state index contributed by atoms with van der Waals surface area (Å²) in [5, 5.41) is 36.5. The van der Waals surface area contributed by atoms with Crippen LogP contribution in [0.25, 0.3) is 0 Å². The number of hydrogen-bond acceptors (Lipinski definition) is 17. The van der Waals surface area contributed by atoms with Crippen LogP contribution in [0.5, 0.6) is 17.2 Å². The van der Waals surface area contributed by atoms with E-state index in [2.05, 4.69) is 20.4 Å². The van der Waals surface area contributed by atoms with E-state index in [-0.39, 0.29) is 53.4 Å². The third-order valence-electron chi connectivity index (χ3n) is 8.80. The van der Waals surface area contributed by atoms with Gasteiger partial charge in [-0.25, -0.2) is 19.1 Å². The van der Waals surface area contributed by atoms with Gasteiger partial charge in [0, 0.05) is 16.7 Å². The summed E-state index contributed by atoms with van der Waals surface area (Å²) in [5.41, 5.74) is 18.9. The highest BCUT2D eigenvalue weighted by molar-refractivity contribution is 8.00. The van der Waals surface area contributed by atoms with Gasteiger partial charge in [-0.05, 0) is 42.3 Å². The molecule has 4 aromatic rings. The molecule has 4 heterocycles. The number of thiazole rings is 1. The number of aliphatic carboxylic acids is 1. The number of hydrogen-bond donors (Lipinski definition) is 7. The molecule has 58 heavy (non-hydrogen) atoms. The number of fused-ring (bicyclic) bond motifs is 1. The molecule has 2 aliphatic heterocycles. The van der Waals surface area contributed by atoms with Gasteiger partial charge in [0.1, 0.15) is 35.2 Å². The predicted octanol–water partition coefficient (Wildman–Crippen LogP) is -1.50. The first-order valence-corrected chi connectivity index (χ1v) is 18.7. The van der Waals surface area contributed by atoms with Gasteiger partial charge in [0.05, 0.1) is 19.2 Å². The second kappa shape index (κ2) is 18.1. The summed E-state index contributed by atoms with van der Waals surface area (Å²) >= 11 is 2.24. The van der Waals surface area contributed by atoms with Crippen LogP contribution in [0.1, 0.15) is 28.5 Å². The number of phenolic OH excluding ortho intramolecular Hbond substituents is 2. The van der Waals surface area contributed by atoms with Crippen LogP contribution in [0.15, 0.2) is 82.7 Å². The average molecular weight is 854 g/mol. The lowest BCUT2D eigenvalue weighted by Crippen LogP contribution is -3.00. The van der Waals surface area contributed by atoms with E-state index in [0.717, 1.165) is 23.5 Å². The fourth-order valence-corrected chi connectivity index (χ4v) is 7.52. The third-order valence-corrected chi connectivity index (χ3v) is 10.8. The Morgan fingerprint density at radius 1 is 1.14 bits per heavy atom. The number of oxime groups is 1. The number of nitrogens with two attached hydrogens (primary N) is 3. The zero-order valence-electron chi connectivity index (χ0n) is 30.6. The van der Waals surface area contributed by atoms with Gasteiger partial charge >= 0.3 is 11.9 Å². The molecular weight excluding hydrogens is 818 g/mol. The molecule has 10 N–H and O–H groups in total. The Bertz CT molecular complexity index is 2340. The Balaban J connectivity index is 0.00000641. The highest BCUT2D eigenvalue weighted by Gasteiger charge is 2.54. The van der Waals surface area contributed by atoms with E-state index >= 15 is 0 Å². The van der Waals surface area contributed by atoms with Crippen LogP contribution < -0.4 is 44.2 Å². The fourth-order valence-electron chi connectivity index (χ4n) is 5.66. The number of thioether (sulfide) groups is 1. The Morgan fingerprint density at radius 3 is 2.53 bits per heavy atom. The summed E-state index contributed by atoms with van der Waals surface area (Å²) in [6.45, 7) is 1.90. The lowest BCUT2D eigenvalue weighted by Gasteiger charge is -2.49. The number of nitrogens with zero attached hydrogens (tertiary/aromatic N) is 5. The van der Waals surface area contributed by atoms with Crippen molar-refractivity contribution in [2.75, 3.05) is 30.1 Å². The number of carboxylic acids is 1. The minimum atomic E-state index is -1.83. The molecule has 304 valence electrons. The van der Waals surface area contributed by atoms with Gasteiger partial charge in [0.2, 0.25) is 24.1 Å². The Morgan fingerprint density at radius 2 is 1.88 bits per heavy atom. The molecule has 0 bridgehead atoms. The lowest BCUT2D eigenvalue weighted by molar-refractivity contribution is -0.675. The molecule has 0 aliphatic carbocycles. The zero-order valence-corrected chi connectivity index (χ0v) is 33.0. The molecular formula is C36H36ClN9O10S2. The molecule has 0 radical (unpaired) electrons. The van der Waals surface area contributed by atoms with Crippen molar-refractivity contribution in [2.24, 2.45) is 5.16 Å². The van der Waals surface area contributed by atoms with Crippen molar-refractivity contribution in [3.8, 4) is 17.2 Å². The number of aromatic nitrogens is 3. The number of nitrogens with one attached hydrogen (secondary N) is 1. The van der Waals surface area contributed by atoms with Gasteiger partial charge in [-0.15, -0.1) is 23.1 Å². The SMILES string of the molecule is COc1ccc(COC(=O)C2=C(/C=C/C[n+]3cnc(N)c(C)c3N)CS[C@@H]3[C@H](NC(=O)/C(=N\OC(C(=O)O)c4ccc(O)c(O)c4)c4csc(N)n4)C(=O)N23)cc1.[Cl-]. The molecule has 1 fully saturated rings. The number of nitrogen functional groups attached to an aromatic ring is 3. The number of methoxy groups -OCH3 is 1. The van der Waals surface area contributed by atoms with Gasteiger partial charge in [0.15, 0.2) is 22.3 Å². The molecule has 2 amide bonds. The number of halogens is 1. The van der Waals surface area contributed by atoms with Crippen LogP contribution in [-0.4, -0.2) is 83.9 Å². The van der Waals surface area contributed by atoms with Crippen molar-refractivity contribution in [2.45, 2.75) is 37.6 Å². The van der Waals surface area contributed by atoms with E-state index in [1.165, 1.54) is 41.5 Å². The number of allylic oxidation sites excluding steroid dienone is 2. The molecule has 19 nitrogen and oxygen atoms in total. The quantitative estimate of drug-likeness (QED) is 0.0190. The number of ether oxygens (including phenoxy) is 2. The topological polar surface area (TPSA) is 292 Å². The number of carbonyl (C=O) groups is 4. The van der Waals surface area contributed by atoms with Gasteiger partial charge in [-0.3, -0.25) is 14.5 Å². The summed E-state index contributed by atoms with van der Waals surface area (Å²) in [4.78, 5) is 68.3. The first-order valence-electron chi connectivity index (χ1n) is 16.8. The number of phenols is 2. The summed E-state index contributed by atoms with van der Waals surface area (Å²) in [5.74, 6) is -3.46. The number of amides is 2. The number of aromatic hydroxyl groups is 2. The van der Waals surface area contributed by atoms with Crippen molar-refractivity contribution in [3.05, 3.63) is 100.0 Å². The lowest BCUT2D eigenvalue weighted by atomic mass is 10.0. The smallest absolute Gasteiger partial charge is 0.355 e. The number of benzene rings is 2. The second-order valence-electron chi connectivity index (χ2n) is 12.4. The summed E-state index contributed by atoms with van der Waals surface area (Å²) in [6.07, 6.45) is 3.09. The molecule has 2 aliphatic rings. The standard InChI is InChI=1S/C36H35N9O10S2.ClH/c1-17-29(37)40-16-44(30(17)38)11-3-4-20-14-56-33-26(32(49)45(33)27(20)35(52)54-13-18-5-8-21(53-2)9-6-18)42-31(48)25(22-15-57-36(39)41-22)43-55-28(34(50)51)19-7-10-23(46)24(47)12-19;/h3-10,12,15-16,26,28,33H,11,13-14H2,1-2H3,(H9,37,38,39,41,42,43,46,47,48,50,51);1H/b4-3+;/t26-,28?,33-;/m1./s1. The van der Waals surface area contributed by atoms with E-state index in [9.17, 15) is 34.5 Å². The summed E-state index contributed by atoms with van der Waals surface area (Å²) in [7, 11) is 1.53. The van der Waals surface area contributed by atoms with Crippen LogP contribution in [0.4, 0.5) is 16.8 Å². The van der Waals surface area contributed by atoms with Crippen LogP contribution in [-0.2, 0) is 41.9 Å². The number of anilines is 3. The molecule has 0 saturated carbocycles. The van der Waals surface area contributed by atoms with E-state index in [1.807, 2.05) is 0 Å². The number of carbonyl (C=O) groups excluding carboxylic acids is 3. The van der Waals surface area contributed by atoms with Gasteiger partial charge in [-0.2, -0.15) is 0 Å². The largest absolute Gasteiger partial charge is 1.00 e. The molecule has 6 rings (SSSR count). The maximum atomic E-state index is 13.9. The van der Waals surface area contributed by atoms with Crippen LogP contribution in [0.2, 0.25) is 0 Å². The van der Waals surface area contributed by atoms with Crippen molar-refractivity contribution >= 4 is 69.3 Å². The van der Waals surface area contributed by atoms with Crippen LogP contribution in [0, 0.1) is 6.92 Å². The number of rotatable bonds is 14. The zero-order chi connectivity index (χ0) is 41.0. The van der Waals surface area contributed by atoms with Crippen molar-refractivity contribution in [1.82, 2.24) is 20.2 Å². The van der Waals surface area contributed by atoms with Gasteiger partial charge in [-0.1, -0.05) is 40.5 Å². The molecule has 2 aromatic heterocycles. The fraction of sp³-hybridized carbons (Fsp3) is 0.222. The molecule has 2 aromatic carbocycles. The maximum absolute atomic E-state index is 13.9. The minimum Gasteiger partial charge on any atom is -1.00 e. The highest BCUT2D eigenvalue weighted by atomic mass is 35.5. The minimum absolute atomic E-state index is 0. The highest BCUT2D eigenvalue weighted by Crippen LogP contribution is 2.41. The third kappa shape index (κ3) is 9.01. The average Bonchev–Trinajstić information content (AvgIpc) is 3.63. The van der Waals surface area contributed by atoms with Crippen molar-refractivity contribution in [3.63, 3.8) is 0 Å².